The van der Waals surface area contributed by atoms with E-state index in [-0.39, 0.29) is 73.9 Å². The van der Waals surface area contributed by atoms with Crippen molar-refractivity contribution in [3.63, 3.8) is 0 Å². The number of nitrogens with one attached hydrogen (secondary N) is 2. The minimum Gasteiger partial charge on any atom is -0.497 e. The topological polar surface area (TPSA) is 197 Å². The first kappa shape index (κ1) is 51.1. The molecule has 360 valence electrons. The van der Waals surface area contributed by atoms with Crippen LogP contribution in [0.4, 0.5) is 5.95 Å². The first-order valence-corrected chi connectivity index (χ1v) is 23.4. The van der Waals surface area contributed by atoms with Crippen LogP contribution in [0, 0.1) is 17.2 Å². The number of rotatable bonds is 24. The molecule has 1 saturated heterocycles. The van der Waals surface area contributed by atoms with E-state index in [4.69, 9.17) is 37.6 Å². The summed E-state index contributed by atoms with van der Waals surface area (Å²) in [5.41, 5.74) is 0.802. The van der Waals surface area contributed by atoms with Gasteiger partial charge in [-0.25, -0.2) is 9.65 Å². The van der Waals surface area contributed by atoms with Crippen molar-refractivity contribution >= 4 is 31.5 Å². The van der Waals surface area contributed by atoms with Crippen LogP contribution in [0.25, 0.3) is 11.2 Å². The van der Waals surface area contributed by atoms with Gasteiger partial charge in [0.05, 0.1) is 59.5 Å². The lowest BCUT2D eigenvalue weighted by molar-refractivity contribution is -0.150. The number of benzene rings is 3. The Morgan fingerprint density at radius 1 is 0.896 bits per heavy atom. The van der Waals surface area contributed by atoms with Crippen LogP contribution in [0.15, 0.2) is 90.0 Å². The maximum Gasteiger partial charge on any atom is 0.280 e. The molecule has 1 aliphatic heterocycles. The number of anilines is 1. The fourth-order valence-electron chi connectivity index (χ4n) is 7.89. The highest BCUT2D eigenvalue weighted by Crippen LogP contribution is 2.51. The Kier molecular flexibility index (Phi) is 18.0. The van der Waals surface area contributed by atoms with Crippen molar-refractivity contribution in [3.05, 3.63) is 112 Å². The molecule has 3 heterocycles. The maximum atomic E-state index is 13.5. The highest BCUT2D eigenvalue weighted by Gasteiger charge is 2.52. The van der Waals surface area contributed by atoms with E-state index in [1.165, 1.54) is 6.33 Å². The van der Waals surface area contributed by atoms with Crippen LogP contribution in [-0.2, 0) is 38.5 Å². The molecule has 19 heteroatoms. The van der Waals surface area contributed by atoms with Crippen molar-refractivity contribution in [1.29, 1.82) is 5.26 Å². The molecule has 5 atom stereocenters. The van der Waals surface area contributed by atoms with E-state index in [9.17, 15) is 14.9 Å². The summed E-state index contributed by atoms with van der Waals surface area (Å²) in [5, 5.41) is 13.8. The number of hydrogen-bond acceptors (Lipinski definition) is 15. The van der Waals surface area contributed by atoms with Gasteiger partial charge in [-0.15, -0.1) is 0 Å². The Morgan fingerprint density at radius 3 is 2.06 bits per heavy atom. The number of H-pyrrole nitrogens is 1. The number of aromatic amines is 1. The van der Waals surface area contributed by atoms with Gasteiger partial charge in [0, 0.05) is 32.1 Å². The number of fused-ring (bicyclic) bond motifs is 1. The Balaban J connectivity index is 1.54. The highest BCUT2D eigenvalue weighted by molar-refractivity contribution is 7.44. The SMILES string of the molecule is COc1ccc(C(OC[C@H]2O[C@@H](n3cnc4c(=O)[nH]c(NC(=O)C(C)C)nc43)[C@H](OCCON(C)C)[C@@H]2OP(OCCC#N)N(C(C)C)C(C)C)(c2ccccc2)c2ccc(OC)cc2)cc1. The highest BCUT2D eigenvalue weighted by atomic mass is 31.2. The molecular weight excluding hydrogens is 880 g/mol. The van der Waals surface area contributed by atoms with Crippen molar-refractivity contribution < 1.29 is 42.4 Å². The standard InChI is InChI=1S/C48H63N8O10P/c1-31(2)44(57)52-47-51-43-40(45(58)53-47)50-30-55(43)46-42(61-27-28-63-54(7)8)41(66-67(64-26-14-25-49)56(32(3)4)33(5)6)39(65-46)29-62-48(34-15-12-11-13-16-34,35-17-21-37(59-9)22-18-35)36-19-23-38(60-10)24-20-36/h11-13,15-24,30-33,39,41-42,46H,14,26-29H2,1-10H3,(H2,51,52,53,57,58)/t39-,41-,42-,46-,67?/m1/s1. The van der Waals surface area contributed by atoms with Gasteiger partial charge in [-0.3, -0.25) is 29.3 Å². The molecule has 2 N–H and O–H groups in total. The number of hydroxylamine groups is 2. The number of hydrogen-bond donors (Lipinski definition) is 2. The van der Waals surface area contributed by atoms with Crippen LogP contribution in [0.3, 0.4) is 0 Å². The van der Waals surface area contributed by atoms with Gasteiger partial charge >= 0.3 is 0 Å². The second kappa shape index (κ2) is 23.6. The predicted octanol–water partition coefficient (Wildman–Crippen LogP) is 7.18. The van der Waals surface area contributed by atoms with Gasteiger partial charge in [-0.05, 0) is 68.7 Å². The molecule has 0 aliphatic carbocycles. The molecule has 0 radical (unpaired) electrons. The van der Waals surface area contributed by atoms with E-state index in [1.54, 1.807) is 51.8 Å². The summed E-state index contributed by atoms with van der Waals surface area (Å²) < 4.78 is 50.0. The number of carbonyl (C=O) groups is 1. The van der Waals surface area contributed by atoms with Gasteiger partial charge in [0.1, 0.15) is 35.4 Å². The molecule has 1 amide bonds. The largest absolute Gasteiger partial charge is 0.497 e. The van der Waals surface area contributed by atoms with Crippen molar-refractivity contribution in [2.75, 3.05) is 60.1 Å². The third-order valence-electron chi connectivity index (χ3n) is 11.0. The monoisotopic (exact) mass is 942 g/mol. The molecule has 5 aromatic rings. The van der Waals surface area contributed by atoms with E-state index in [0.29, 0.717) is 11.5 Å². The first-order valence-electron chi connectivity index (χ1n) is 22.3. The van der Waals surface area contributed by atoms with E-state index in [0.717, 1.165) is 16.7 Å². The number of imidazole rings is 1. The molecule has 67 heavy (non-hydrogen) atoms. The van der Waals surface area contributed by atoms with Crippen LogP contribution in [-0.4, -0.2) is 120 Å². The molecule has 6 rings (SSSR count). The number of carbonyl (C=O) groups excluding carboxylic acids is 1. The summed E-state index contributed by atoms with van der Waals surface area (Å²) in [6.07, 6.45) is -2.16. The fourth-order valence-corrected chi connectivity index (χ4v) is 9.66. The van der Waals surface area contributed by atoms with Crippen LogP contribution in [0.1, 0.15) is 70.9 Å². The summed E-state index contributed by atoms with van der Waals surface area (Å²) in [4.78, 5) is 43.9. The minimum atomic E-state index is -1.87. The van der Waals surface area contributed by atoms with Crippen molar-refractivity contribution in [3.8, 4) is 17.6 Å². The zero-order valence-electron chi connectivity index (χ0n) is 39.9. The second-order valence-corrected chi connectivity index (χ2v) is 18.3. The Hall–Kier alpha value is -5.32. The van der Waals surface area contributed by atoms with E-state index in [2.05, 4.69) is 58.7 Å². The van der Waals surface area contributed by atoms with Gasteiger partial charge in [-0.2, -0.15) is 15.3 Å². The molecule has 3 aromatic carbocycles. The lowest BCUT2D eigenvalue weighted by atomic mass is 9.80. The smallest absolute Gasteiger partial charge is 0.280 e. The Bertz CT molecular complexity index is 2390. The average molecular weight is 943 g/mol. The fraction of sp³-hybridized carbons (Fsp3) is 0.479. The van der Waals surface area contributed by atoms with Gasteiger partial charge in [0.2, 0.25) is 11.9 Å². The Labute approximate surface area is 393 Å². The summed E-state index contributed by atoms with van der Waals surface area (Å²) in [7, 11) is 4.92. The van der Waals surface area contributed by atoms with Crippen LogP contribution >= 0.6 is 8.53 Å². The summed E-state index contributed by atoms with van der Waals surface area (Å²) in [6.45, 7) is 12.0. The summed E-state index contributed by atoms with van der Waals surface area (Å²) in [6, 6.07) is 27.5. The number of nitrogens with zero attached hydrogens (tertiary/aromatic N) is 6. The van der Waals surface area contributed by atoms with Gasteiger partial charge in [-0.1, -0.05) is 68.4 Å². The zero-order chi connectivity index (χ0) is 48.3. The third-order valence-corrected chi connectivity index (χ3v) is 13.1. The van der Waals surface area contributed by atoms with Gasteiger partial charge in [0.25, 0.3) is 14.1 Å². The summed E-state index contributed by atoms with van der Waals surface area (Å²) >= 11 is 0. The van der Waals surface area contributed by atoms with Crippen molar-refractivity contribution in [1.82, 2.24) is 29.3 Å². The number of nitriles is 1. The van der Waals surface area contributed by atoms with E-state index >= 15 is 0 Å². The van der Waals surface area contributed by atoms with Crippen LogP contribution in [0.2, 0.25) is 0 Å². The molecule has 2 aromatic heterocycles. The van der Waals surface area contributed by atoms with Gasteiger partial charge in [0.15, 0.2) is 17.4 Å². The number of aromatic nitrogens is 4. The molecular formula is C48H63N8O10P. The second-order valence-electron chi connectivity index (χ2n) is 16.9. The number of methoxy groups -OCH3 is 2. The first-order chi connectivity index (χ1) is 32.2. The normalized spacial score (nSPS) is 18.1. The quantitative estimate of drug-likeness (QED) is 0.0273. The van der Waals surface area contributed by atoms with E-state index in [1.807, 2.05) is 78.9 Å². The third kappa shape index (κ3) is 12.0. The lowest BCUT2D eigenvalue weighted by Gasteiger charge is -2.39. The van der Waals surface area contributed by atoms with E-state index < -0.39 is 44.2 Å². The maximum absolute atomic E-state index is 13.5. The number of amides is 1. The van der Waals surface area contributed by atoms with Gasteiger partial charge < -0.3 is 32.7 Å². The molecule has 1 fully saturated rings. The predicted molar refractivity (Wildman–Crippen MR) is 253 cm³/mol. The minimum absolute atomic E-state index is 0.0213. The number of ether oxygens (including phenoxy) is 5. The molecule has 0 saturated carbocycles. The molecule has 18 nitrogen and oxygen atoms in total. The van der Waals surface area contributed by atoms with Crippen LogP contribution in [0.5, 0.6) is 11.5 Å². The molecule has 1 unspecified atom stereocenters. The summed E-state index contributed by atoms with van der Waals surface area (Å²) in [5.74, 6) is 0.575. The van der Waals surface area contributed by atoms with Crippen molar-refractivity contribution in [2.45, 2.75) is 90.2 Å². The molecule has 0 bridgehead atoms. The van der Waals surface area contributed by atoms with Crippen molar-refractivity contribution in [2.24, 2.45) is 5.92 Å². The Morgan fingerprint density at radius 2 is 1.51 bits per heavy atom. The molecule has 1 aliphatic rings. The molecule has 0 spiro atoms. The zero-order valence-corrected chi connectivity index (χ0v) is 40.8. The average Bonchev–Trinajstić information content (AvgIpc) is 3.89. The van der Waals surface area contributed by atoms with Crippen LogP contribution < -0.4 is 20.3 Å². The lowest BCUT2D eigenvalue weighted by Crippen LogP contribution is -2.43.